The Morgan fingerprint density at radius 2 is 2.08 bits per heavy atom. The number of carbonyl (C=O) groups excluding carboxylic acids is 1. The minimum Gasteiger partial charge on any atom is -0.340 e. The lowest BCUT2D eigenvalue weighted by Crippen LogP contribution is -2.47. The van der Waals surface area contributed by atoms with Crippen LogP contribution < -0.4 is 4.90 Å². The maximum absolute atomic E-state index is 13.2. The normalized spacial score (nSPS) is 17.6. The van der Waals surface area contributed by atoms with Crippen molar-refractivity contribution in [2.45, 2.75) is 39.3 Å². The lowest BCUT2D eigenvalue weighted by Gasteiger charge is -2.36. The highest BCUT2D eigenvalue weighted by Crippen LogP contribution is 2.23. The Balaban J connectivity index is 1.71. The molecule has 6 heteroatoms. The second-order valence-corrected chi connectivity index (χ2v) is 6.76. The van der Waals surface area contributed by atoms with E-state index in [9.17, 15) is 4.79 Å². The number of aromatic nitrogens is 3. The number of hydrogen-bond donors (Lipinski definition) is 0. The lowest BCUT2D eigenvalue weighted by molar-refractivity contribution is -0.138. The molecule has 0 N–H and O–H groups in total. The first-order chi connectivity index (χ1) is 12.1. The van der Waals surface area contributed by atoms with Crippen LogP contribution in [-0.2, 0) is 11.3 Å². The first-order valence-corrected chi connectivity index (χ1v) is 8.86. The summed E-state index contributed by atoms with van der Waals surface area (Å²) in [6.45, 7) is 6.31. The van der Waals surface area contributed by atoms with E-state index in [4.69, 9.17) is 0 Å². The molecule has 2 aromatic heterocycles. The Bertz CT molecular complexity index is 677. The number of anilines is 1. The second-order valence-electron chi connectivity index (χ2n) is 6.76. The summed E-state index contributed by atoms with van der Waals surface area (Å²) in [7, 11) is 0. The summed E-state index contributed by atoms with van der Waals surface area (Å²) in [4.78, 5) is 30.0. The van der Waals surface area contributed by atoms with Crippen LogP contribution in [0, 0.1) is 5.92 Å². The van der Waals surface area contributed by atoms with E-state index in [1.54, 1.807) is 18.6 Å². The van der Waals surface area contributed by atoms with Crippen LogP contribution >= 0.6 is 0 Å². The van der Waals surface area contributed by atoms with Crippen molar-refractivity contribution in [2.75, 3.05) is 18.0 Å². The number of hydrogen-bond acceptors (Lipinski definition) is 5. The quantitative estimate of drug-likeness (QED) is 0.838. The Kier molecular flexibility index (Phi) is 5.58. The van der Waals surface area contributed by atoms with Gasteiger partial charge in [0.05, 0.1) is 5.92 Å². The van der Waals surface area contributed by atoms with Crippen molar-refractivity contribution in [1.82, 2.24) is 19.9 Å². The van der Waals surface area contributed by atoms with E-state index in [1.165, 1.54) is 0 Å². The van der Waals surface area contributed by atoms with Crippen LogP contribution in [0.5, 0.6) is 0 Å². The molecule has 3 heterocycles. The molecule has 132 valence electrons. The summed E-state index contributed by atoms with van der Waals surface area (Å²) >= 11 is 0. The lowest BCUT2D eigenvalue weighted by atomic mass is 9.96. The largest absolute Gasteiger partial charge is 0.340 e. The fourth-order valence-electron chi connectivity index (χ4n) is 3.25. The van der Waals surface area contributed by atoms with E-state index in [-0.39, 0.29) is 17.9 Å². The third kappa shape index (κ3) is 4.32. The average molecular weight is 339 g/mol. The van der Waals surface area contributed by atoms with Crippen LogP contribution in [0.25, 0.3) is 0 Å². The van der Waals surface area contributed by atoms with E-state index < -0.39 is 0 Å². The minimum atomic E-state index is -0.0170. The summed E-state index contributed by atoms with van der Waals surface area (Å²) in [6, 6.07) is 5.88. The van der Waals surface area contributed by atoms with Gasteiger partial charge in [-0.3, -0.25) is 9.78 Å². The SMILES string of the molecule is CC(C)N(Cc1cccnc1)C(=O)[C@@H]1CCCN(c2ncccn2)C1. The van der Waals surface area contributed by atoms with Crippen LogP contribution in [0.15, 0.2) is 43.0 Å². The number of amides is 1. The van der Waals surface area contributed by atoms with Gasteiger partial charge in [0.15, 0.2) is 0 Å². The zero-order valence-corrected chi connectivity index (χ0v) is 14.9. The predicted octanol–water partition coefficient (Wildman–Crippen LogP) is 2.53. The second kappa shape index (κ2) is 8.05. The first kappa shape index (κ1) is 17.3. The van der Waals surface area contributed by atoms with Gasteiger partial charge in [0.1, 0.15) is 0 Å². The van der Waals surface area contributed by atoms with Gasteiger partial charge in [-0.2, -0.15) is 0 Å². The van der Waals surface area contributed by atoms with Gasteiger partial charge in [-0.15, -0.1) is 0 Å². The summed E-state index contributed by atoms with van der Waals surface area (Å²) in [5.41, 5.74) is 1.06. The maximum atomic E-state index is 13.2. The molecule has 3 rings (SSSR count). The Labute approximate surface area is 148 Å². The van der Waals surface area contributed by atoms with Crippen molar-refractivity contribution >= 4 is 11.9 Å². The first-order valence-electron chi connectivity index (χ1n) is 8.86. The number of pyridine rings is 1. The van der Waals surface area contributed by atoms with Gasteiger partial charge in [-0.1, -0.05) is 6.07 Å². The Hall–Kier alpha value is -2.50. The highest BCUT2D eigenvalue weighted by atomic mass is 16.2. The van der Waals surface area contributed by atoms with Gasteiger partial charge in [0.25, 0.3) is 0 Å². The summed E-state index contributed by atoms with van der Waals surface area (Å²) < 4.78 is 0. The van der Waals surface area contributed by atoms with E-state index >= 15 is 0 Å². The fraction of sp³-hybridized carbons (Fsp3) is 0.474. The molecule has 1 amide bonds. The van der Waals surface area contributed by atoms with Crippen molar-refractivity contribution in [2.24, 2.45) is 5.92 Å². The Morgan fingerprint density at radius 3 is 2.76 bits per heavy atom. The molecule has 0 aromatic carbocycles. The number of carbonyl (C=O) groups is 1. The molecule has 25 heavy (non-hydrogen) atoms. The van der Waals surface area contributed by atoms with Gasteiger partial charge in [-0.05, 0) is 44.4 Å². The molecular weight excluding hydrogens is 314 g/mol. The van der Waals surface area contributed by atoms with Gasteiger partial charge in [-0.25, -0.2) is 9.97 Å². The molecule has 1 fully saturated rings. The highest BCUT2D eigenvalue weighted by Gasteiger charge is 2.31. The molecule has 0 spiro atoms. The maximum Gasteiger partial charge on any atom is 0.228 e. The van der Waals surface area contributed by atoms with Crippen molar-refractivity contribution in [1.29, 1.82) is 0 Å². The number of nitrogens with zero attached hydrogens (tertiary/aromatic N) is 5. The number of rotatable bonds is 5. The van der Waals surface area contributed by atoms with Crippen LogP contribution in [-0.4, -0.2) is 44.9 Å². The number of piperidine rings is 1. The summed E-state index contributed by atoms with van der Waals surface area (Å²) in [5.74, 6) is 0.902. The van der Waals surface area contributed by atoms with Crippen LogP contribution in [0.2, 0.25) is 0 Å². The van der Waals surface area contributed by atoms with Gasteiger partial charge < -0.3 is 9.80 Å². The van der Waals surface area contributed by atoms with Crippen molar-refractivity contribution in [3.63, 3.8) is 0 Å². The Morgan fingerprint density at radius 1 is 1.28 bits per heavy atom. The third-order valence-electron chi connectivity index (χ3n) is 4.59. The fourth-order valence-corrected chi connectivity index (χ4v) is 3.25. The molecule has 0 saturated carbocycles. The smallest absolute Gasteiger partial charge is 0.228 e. The minimum absolute atomic E-state index is 0.0170. The summed E-state index contributed by atoms with van der Waals surface area (Å²) in [5, 5.41) is 0. The molecule has 0 bridgehead atoms. The van der Waals surface area contributed by atoms with Crippen LogP contribution in [0.1, 0.15) is 32.3 Å². The predicted molar refractivity (Wildman–Crippen MR) is 96.9 cm³/mol. The molecule has 0 aliphatic carbocycles. The molecule has 1 aliphatic rings. The van der Waals surface area contributed by atoms with E-state index in [0.29, 0.717) is 19.0 Å². The molecule has 1 aliphatic heterocycles. The standard InChI is InChI=1S/C19H25N5O/c1-15(2)24(13-16-6-3-8-20-12-16)18(25)17-7-4-11-23(14-17)19-21-9-5-10-22-19/h3,5-6,8-10,12,15,17H,4,7,11,13-14H2,1-2H3/t17-/m1/s1. The molecule has 1 atom stereocenters. The van der Waals surface area contributed by atoms with Gasteiger partial charge in [0.2, 0.25) is 11.9 Å². The third-order valence-corrected chi connectivity index (χ3v) is 4.59. The summed E-state index contributed by atoms with van der Waals surface area (Å²) in [6.07, 6.45) is 8.97. The van der Waals surface area contributed by atoms with Gasteiger partial charge >= 0.3 is 0 Å². The van der Waals surface area contributed by atoms with Crippen molar-refractivity contribution in [3.8, 4) is 0 Å². The van der Waals surface area contributed by atoms with Crippen molar-refractivity contribution in [3.05, 3.63) is 48.5 Å². The highest BCUT2D eigenvalue weighted by molar-refractivity contribution is 5.80. The molecular formula is C19H25N5O. The monoisotopic (exact) mass is 339 g/mol. The van der Waals surface area contributed by atoms with E-state index in [2.05, 4.69) is 33.7 Å². The molecule has 2 aromatic rings. The van der Waals surface area contributed by atoms with E-state index in [1.807, 2.05) is 29.3 Å². The van der Waals surface area contributed by atoms with Crippen molar-refractivity contribution < 1.29 is 4.79 Å². The zero-order valence-electron chi connectivity index (χ0n) is 14.9. The zero-order chi connectivity index (χ0) is 17.6. The van der Waals surface area contributed by atoms with E-state index in [0.717, 1.165) is 24.9 Å². The topological polar surface area (TPSA) is 62.2 Å². The van der Waals surface area contributed by atoms with Crippen LogP contribution in [0.3, 0.4) is 0 Å². The van der Waals surface area contributed by atoms with Gasteiger partial charge in [0, 0.05) is 50.5 Å². The molecule has 1 saturated heterocycles. The average Bonchev–Trinajstić information content (AvgIpc) is 2.67. The molecule has 0 unspecified atom stereocenters. The molecule has 6 nitrogen and oxygen atoms in total. The van der Waals surface area contributed by atoms with Crippen LogP contribution in [0.4, 0.5) is 5.95 Å². The molecule has 0 radical (unpaired) electrons.